The van der Waals surface area contributed by atoms with Crippen LogP contribution >= 0.6 is 23.2 Å². The quantitative estimate of drug-likeness (QED) is 0.904. The molecule has 0 radical (unpaired) electrons. The van der Waals surface area contributed by atoms with E-state index < -0.39 is 28.1 Å². The molecule has 3 nitrogen and oxygen atoms in total. The van der Waals surface area contributed by atoms with Gasteiger partial charge in [0.25, 0.3) is 0 Å². The predicted molar refractivity (Wildman–Crippen MR) is 79.9 cm³/mol. The van der Waals surface area contributed by atoms with Crippen molar-refractivity contribution in [3.8, 4) is 0 Å². The standard InChI is InChI=1S/C14H9Cl2FO3S/c15-10-2-1-3-11(16)13(10)21(20)7-8-4-5-9(14(18)19)12(17)6-8/h1-6H,7H2,(H,18,19). The summed E-state index contributed by atoms with van der Waals surface area (Å²) < 4.78 is 25.9. The van der Waals surface area contributed by atoms with Gasteiger partial charge in [-0.1, -0.05) is 35.3 Å². The number of rotatable bonds is 4. The third kappa shape index (κ3) is 3.61. The van der Waals surface area contributed by atoms with Crippen LogP contribution in [-0.2, 0) is 16.6 Å². The van der Waals surface area contributed by atoms with Crippen molar-refractivity contribution in [2.45, 2.75) is 10.6 Å². The van der Waals surface area contributed by atoms with Crippen molar-refractivity contribution in [3.63, 3.8) is 0 Å². The minimum Gasteiger partial charge on any atom is -0.478 e. The van der Waals surface area contributed by atoms with Gasteiger partial charge < -0.3 is 5.11 Å². The van der Waals surface area contributed by atoms with Crippen LogP contribution in [0.4, 0.5) is 4.39 Å². The van der Waals surface area contributed by atoms with E-state index in [4.69, 9.17) is 28.3 Å². The molecule has 1 unspecified atom stereocenters. The first-order valence-electron chi connectivity index (χ1n) is 5.74. The summed E-state index contributed by atoms with van der Waals surface area (Å²) in [6, 6.07) is 8.36. The first kappa shape index (κ1) is 15.9. The van der Waals surface area contributed by atoms with Gasteiger partial charge in [0.1, 0.15) is 5.82 Å². The average Bonchev–Trinajstić information content (AvgIpc) is 2.37. The molecule has 1 N–H and O–H groups in total. The van der Waals surface area contributed by atoms with Gasteiger partial charge in [-0.25, -0.2) is 9.18 Å². The molecular formula is C14H9Cl2FO3S. The maximum atomic E-state index is 13.6. The van der Waals surface area contributed by atoms with Gasteiger partial charge in [0.15, 0.2) is 0 Å². The molecule has 110 valence electrons. The molecule has 21 heavy (non-hydrogen) atoms. The van der Waals surface area contributed by atoms with Gasteiger partial charge in [-0.3, -0.25) is 4.21 Å². The highest BCUT2D eigenvalue weighted by Crippen LogP contribution is 2.29. The molecule has 0 aliphatic rings. The summed E-state index contributed by atoms with van der Waals surface area (Å²) >= 11 is 11.9. The zero-order valence-electron chi connectivity index (χ0n) is 10.5. The van der Waals surface area contributed by atoms with Gasteiger partial charge >= 0.3 is 5.97 Å². The average molecular weight is 347 g/mol. The van der Waals surface area contributed by atoms with Crippen molar-refractivity contribution in [3.05, 3.63) is 63.4 Å². The largest absolute Gasteiger partial charge is 0.478 e. The zero-order valence-corrected chi connectivity index (χ0v) is 12.8. The van der Waals surface area contributed by atoms with Crippen LogP contribution in [-0.4, -0.2) is 15.3 Å². The van der Waals surface area contributed by atoms with Crippen LogP contribution in [0, 0.1) is 5.82 Å². The fourth-order valence-electron chi connectivity index (χ4n) is 1.75. The normalized spacial score (nSPS) is 12.1. The van der Waals surface area contributed by atoms with E-state index in [1.165, 1.54) is 6.07 Å². The fourth-order valence-corrected chi connectivity index (χ4v) is 3.86. The maximum Gasteiger partial charge on any atom is 0.338 e. The Morgan fingerprint density at radius 3 is 2.33 bits per heavy atom. The second-order valence-electron chi connectivity index (χ2n) is 4.16. The smallest absolute Gasteiger partial charge is 0.338 e. The molecule has 2 rings (SSSR count). The lowest BCUT2D eigenvalue weighted by Crippen LogP contribution is -2.03. The monoisotopic (exact) mass is 346 g/mol. The summed E-state index contributed by atoms with van der Waals surface area (Å²) in [5, 5.41) is 9.29. The van der Waals surface area contributed by atoms with Gasteiger partial charge in [0, 0.05) is 0 Å². The Kier molecular flexibility index (Phi) is 4.98. The minimum absolute atomic E-state index is 0.0136. The number of carboxylic acids is 1. The highest BCUT2D eigenvalue weighted by molar-refractivity contribution is 7.84. The summed E-state index contributed by atoms with van der Waals surface area (Å²) in [6.07, 6.45) is 0. The van der Waals surface area contributed by atoms with Crippen molar-refractivity contribution >= 4 is 40.0 Å². The summed E-state index contributed by atoms with van der Waals surface area (Å²) in [7, 11) is -1.56. The lowest BCUT2D eigenvalue weighted by Gasteiger charge is -2.07. The summed E-state index contributed by atoms with van der Waals surface area (Å²) in [6.45, 7) is 0. The number of hydrogen-bond donors (Lipinski definition) is 1. The third-order valence-corrected chi connectivity index (χ3v) is 5.05. The summed E-state index contributed by atoms with van der Waals surface area (Å²) in [5.74, 6) is -2.24. The van der Waals surface area contributed by atoms with Crippen molar-refractivity contribution in [1.29, 1.82) is 0 Å². The van der Waals surface area contributed by atoms with Crippen LogP contribution in [0.2, 0.25) is 10.0 Å². The topological polar surface area (TPSA) is 54.4 Å². The highest BCUT2D eigenvalue weighted by atomic mass is 35.5. The summed E-state index contributed by atoms with van der Waals surface area (Å²) in [4.78, 5) is 11.0. The van der Waals surface area contributed by atoms with E-state index in [-0.39, 0.29) is 20.7 Å². The molecule has 0 saturated heterocycles. The number of aromatic carboxylic acids is 1. The molecule has 2 aromatic rings. The molecule has 0 spiro atoms. The van der Waals surface area contributed by atoms with E-state index in [0.717, 1.165) is 12.1 Å². The molecular weight excluding hydrogens is 338 g/mol. The van der Waals surface area contributed by atoms with Crippen molar-refractivity contribution in [2.24, 2.45) is 0 Å². The van der Waals surface area contributed by atoms with E-state index in [9.17, 15) is 13.4 Å². The number of benzene rings is 2. The number of halogens is 3. The lowest BCUT2D eigenvalue weighted by molar-refractivity contribution is 0.0692. The molecule has 0 aromatic heterocycles. The lowest BCUT2D eigenvalue weighted by atomic mass is 10.1. The second kappa shape index (κ2) is 6.56. The first-order chi connectivity index (χ1) is 9.90. The Hall–Kier alpha value is -1.43. The number of carboxylic acid groups (broad SMARTS) is 1. The maximum absolute atomic E-state index is 13.6. The molecule has 0 fully saturated rings. The van der Waals surface area contributed by atoms with Gasteiger partial charge in [-0.05, 0) is 29.8 Å². The Labute approximate surface area is 132 Å². The molecule has 2 aromatic carbocycles. The van der Waals surface area contributed by atoms with E-state index in [0.29, 0.717) is 5.56 Å². The molecule has 7 heteroatoms. The van der Waals surface area contributed by atoms with Crippen LogP contribution in [0.5, 0.6) is 0 Å². The van der Waals surface area contributed by atoms with E-state index in [2.05, 4.69) is 0 Å². The molecule has 1 atom stereocenters. The van der Waals surface area contributed by atoms with Gasteiger partial charge in [0.2, 0.25) is 0 Å². The van der Waals surface area contributed by atoms with E-state index >= 15 is 0 Å². The van der Waals surface area contributed by atoms with Gasteiger partial charge in [-0.2, -0.15) is 0 Å². The van der Waals surface area contributed by atoms with Crippen molar-refractivity contribution in [2.75, 3.05) is 0 Å². The number of carbonyl (C=O) groups is 1. The minimum atomic E-state index is -1.56. The highest BCUT2D eigenvalue weighted by Gasteiger charge is 2.16. The molecule has 0 saturated carbocycles. The van der Waals surface area contributed by atoms with Crippen LogP contribution in [0.15, 0.2) is 41.3 Å². The molecule has 0 heterocycles. The molecule has 0 aliphatic heterocycles. The zero-order chi connectivity index (χ0) is 15.6. The third-order valence-electron chi connectivity index (χ3n) is 2.71. The fraction of sp³-hybridized carbons (Fsp3) is 0.0714. The van der Waals surface area contributed by atoms with Gasteiger partial charge in [-0.15, -0.1) is 0 Å². The molecule has 0 aliphatic carbocycles. The van der Waals surface area contributed by atoms with Crippen LogP contribution < -0.4 is 0 Å². The Morgan fingerprint density at radius 2 is 1.81 bits per heavy atom. The SMILES string of the molecule is O=C(O)c1ccc(CS(=O)c2c(Cl)cccc2Cl)cc1F. The van der Waals surface area contributed by atoms with Gasteiger partial charge in [0.05, 0.1) is 37.1 Å². The van der Waals surface area contributed by atoms with E-state index in [1.54, 1.807) is 18.2 Å². The Bertz CT molecular complexity index is 714. The second-order valence-corrected chi connectivity index (χ2v) is 6.36. The molecule has 0 amide bonds. The Balaban J connectivity index is 2.28. The van der Waals surface area contributed by atoms with Crippen molar-refractivity contribution < 1.29 is 18.5 Å². The van der Waals surface area contributed by atoms with Crippen molar-refractivity contribution in [1.82, 2.24) is 0 Å². The Morgan fingerprint density at radius 1 is 1.19 bits per heavy atom. The predicted octanol–water partition coefficient (Wildman–Crippen LogP) is 4.14. The number of hydrogen-bond acceptors (Lipinski definition) is 2. The van der Waals surface area contributed by atoms with E-state index in [1.807, 2.05) is 0 Å². The van der Waals surface area contributed by atoms with Crippen LogP contribution in [0.1, 0.15) is 15.9 Å². The summed E-state index contributed by atoms with van der Waals surface area (Å²) in [5.41, 5.74) is -0.0351. The van der Waals surface area contributed by atoms with Crippen LogP contribution in [0.3, 0.4) is 0 Å². The van der Waals surface area contributed by atoms with Crippen LogP contribution in [0.25, 0.3) is 0 Å². The first-order valence-corrected chi connectivity index (χ1v) is 7.81. The molecule has 0 bridgehead atoms.